The molecule has 1 saturated carbocycles. The number of carbonyl (C=O) groups excluding carboxylic acids is 2. The highest BCUT2D eigenvalue weighted by molar-refractivity contribution is 6.02. The Morgan fingerprint density at radius 3 is 2.62 bits per heavy atom. The zero-order chi connectivity index (χ0) is 18.5. The number of nitrogens with zero attached hydrogens (tertiary/aromatic N) is 2. The van der Waals surface area contributed by atoms with Gasteiger partial charge in [0.2, 0.25) is 5.82 Å². The fourth-order valence-corrected chi connectivity index (χ4v) is 3.43. The van der Waals surface area contributed by atoms with E-state index in [1.807, 2.05) is 32.0 Å². The monoisotopic (exact) mass is 356 g/mol. The zero-order valence-corrected chi connectivity index (χ0v) is 15.6. The molecule has 2 N–H and O–H groups in total. The van der Waals surface area contributed by atoms with Gasteiger partial charge in [0.05, 0.1) is 5.52 Å². The van der Waals surface area contributed by atoms with E-state index in [9.17, 15) is 9.59 Å². The second-order valence-electron chi connectivity index (χ2n) is 7.18. The maximum Gasteiger partial charge on any atom is 0.287 e. The SMILES string of the molecule is CCC(C)NC(=O)c1nc(C(=O)NC2CCCCCC2)c2ccccn12. The van der Waals surface area contributed by atoms with Gasteiger partial charge in [-0.3, -0.25) is 14.0 Å². The molecule has 0 aromatic carbocycles. The Labute approximate surface area is 154 Å². The van der Waals surface area contributed by atoms with Crippen LogP contribution in [0.5, 0.6) is 0 Å². The first kappa shape index (κ1) is 18.4. The predicted molar refractivity (Wildman–Crippen MR) is 101 cm³/mol. The first-order valence-corrected chi connectivity index (χ1v) is 9.69. The van der Waals surface area contributed by atoms with Gasteiger partial charge < -0.3 is 10.6 Å². The highest BCUT2D eigenvalue weighted by atomic mass is 16.2. The molecule has 3 rings (SSSR count). The molecule has 1 aliphatic rings. The molecular weight excluding hydrogens is 328 g/mol. The highest BCUT2D eigenvalue weighted by Crippen LogP contribution is 2.19. The Morgan fingerprint density at radius 2 is 1.92 bits per heavy atom. The Kier molecular flexibility index (Phi) is 5.91. The third-order valence-electron chi connectivity index (χ3n) is 5.15. The normalized spacial score (nSPS) is 16.8. The van der Waals surface area contributed by atoms with Crippen LogP contribution < -0.4 is 10.6 Å². The van der Waals surface area contributed by atoms with Crippen molar-refractivity contribution in [2.45, 2.75) is 70.9 Å². The van der Waals surface area contributed by atoms with E-state index < -0.39 is 0 Å². The smallest absolute Gasteiger partial charge is 0.287 e. The Hall–Kier alpha value is -2.37. The number of carbonyl (C=O) groups is 2. The van der Waals surface area contributed by atoms with Crippen LogP contribution in [0.1, 0.15) is 79.9 Å². The van der Waals surface area contributed by atoms with Crippen LogP contribution in [0.15, 0.2) is 24.4 Å². The van der Waals surface area contributed by atoms with E-state index in [1.54, 1.807) is 10.6 Å². The Balaban J connectivity index is 1.86. The van der Waals surface area contributed by atoms with E-state index in [0.717, 1.165) is 32.1 Å². The van der Waals surface area contributed by atoms with Crippen LogP contribution in [-0.4, -0.2) is 33.3 Å². The second-order valence-corrected chi connectivity index (χ2v) is 7.18. The zero-order valence-electron chi connectivity index (χ0n) is 15.6. The van der Waals surface area contributed by atoms with Gasteiger partial charge >= 0.3 is 0 Å². The number of amides is 2. The summed E-state index contributed by atoms with van der Waals surface area (Å²) in [7, 11) is 0. The molecule has 0 bridgehead atoms. The van der Waals surface area contributed by atoms with Gasteiger partial charge in [-0.15, -0.1) is 0 Å². The molecular formula is C20H28N4O2. The van der Waals surface area contributed by atoms with Crippen LogP contribution in [-0.2, 0) is 0 Å². The van der Waals surface area contributed by atoms with Crippen molar-refractivity contribution in [1.82, 2.24) is 20.0 Å². The van der Waals surface area contributed by atoms with Crippen molar-refractivity contribution >= 4 is 17.3 Å². The van der Waals surface area contributed by atoms with E-state index in [0.29, 0.717) is 11.2 Å². The molecule has 0 spiro atoms. The molecule has 2 aromatic heterocycles. The number of aromatic nitrogens is 2. The van der Waals surface area contributed by atoms with Gasteiger partial charge in [0.25, 0.3) is 11.8 Å². The lowest BCUT2D eigenvalue weighted by atomic mass is 10.1. The third-order valence-corrected chi connectivity index (χ3v) is 5.15. The van der Waals surface area contributed by atoms with Gasteiger partial charge in [0.1, 0.15) is 0 Å². The van der Waals surface area contributed by atoms with Crippen molar-refractivity contribution in [3.63, 3.8) is 0 Å². The minimum Gasteiger partial charge on any atom is -0.348 e. The number of fused-ring (bicyclic) bond motifs is 1. The van der Waals surface area contributed by atoms with E-state index in [4.69, 9.17) is 0 Å². The summed E-state index contributed by atoms with van der Waals surface area (Å²) in [5.41, 5.74) is 0.983. The van der Waals surface area contributed by atoms with E-state index in [2.05, 4.69) is 15.6 Å². The molecule has 0 aliphatic heterocycles. The number of pyridine rings is 1. The average Bonchev–Trinajstić information content (AvgIpc) is 2.85. The lowest BCUT2D eigenvalue weighted by molar-refractivity contribution is 0.0928. The molecule has 0 radical (unpaired) electrons. The minimum absolute atomic E-state index is 0.0572. The molecule has 140 valence electrons. The summed E-state index contributed by atoms with van der Waals surface area (Å²) < 4.78 is 1.69. The van der Waals surface area contributed by atoms with Gasteiger partial charge in [-0.2, -0.15) is 0 Å². The summed E-state index contributed by atoms with van der Waals surface area (Å²) in [6.07, 6.45) is 9.41. The molecule has 1 atom stereocenters. The molecule has 0 saturated heterocycles. The Bertz CT molecular complexity index is 775. The molecule has 26 heavy (non-hydrogen) atoms. The second kappa shape index (κ2) is 8.34. The van der Waals surface area contributed by atoms with Gasteiger partial charge in [-0.25, -0.2) is 4.98 Å². The van der Waals surface area contributed by atoms with Crippen molar-refractivity contribution in [3.05, 3.63) is 35.9 Å². The number of imidazole rings is 1. The number of hydrogen-bond donors (Lipinski definition) is 2. The summed E-state index contributed by atoms with van der Waals surface area (Å²) in [6, 6.07) is 5.77. The fraction of sp³-hybridized carbons (Fsp3) is 0.550. The van der Waals surface area contributed by atoms with E-state index >= 15 is 0 Å². The van der Waals surface area contributed by atoms with Crippen molar-refractivity contribution in [3.8, 4) is 0 Å². The van der Waals surface area contributed by atoms with Crippen LogP contribution in [0.4, 0.5) is 0 Å². The van der Waals surface area contributed by atoms with Crippen LogP contribution in [0.3, 0.4) is 0 Å². The maximum absolute atomic E-state index is 12.8. The van der Waals surface area contributed by atoms with Crippen LogP contribution in [0.2, 0.25) is 0 Å². The number of hydrogen-bond acceptors (Lipinski definition) is 3. The summed E-state index contributed by atoms with van der Waals surface area (Å²) in [5.74, 6) is -0.191. The predicted octanol–water partition coefficient (Wildman–Crippen LogP) is 3.32. The van der Waals surface area contributed by atoms with E-state index in [-0.39, 0.29) is 29.7 Å². The molecule has 2 heterocycles. The summed E-state index contributed by atoms with van der Waals surface area (Å²) >= 11 is 0. The van der Waals surface area contributed by atoms with Crippen molar-refractivity contribution in [2.24, 2.45) is 0 Å². The molecule has 2 aromatic rings. The minimum atomic E-state index is -0.255. The number of nitrogens with one attached hydrogen (secondary N) is 2. The molecule has 1 unspecified atom stereocenters. The molecule has 6 nitrogen and oxygen atoms in total. The van der Waals surface area contributed by atoms with Crippen molar-refractivity contribution in [1.29, 1.82) is 0 Å². The van der Waals surface area contributed by atoms with Crippen LogP contribution >= 0.6 is 0 Å². The topological polar surface area (TPSA) is 75.5 Å². The van der Waals surface area contributed by atoms with Crippen LogP contribution in [0, 0.1) is 0 Å². The molecule has 1 fully saturated rings. The Morgan fingerprint density at radius 1 is 1.19 bits per heavy atom. The van der Waals surface area contributed by atoms with Crippen LogP contribution in [0.25, 0.3) is 5.52 Å². The average molecular weight is 356 g/mol. The van der Waals surface area contributed by atoms with E-state index in [1.165, 1.54) is 12.8 Å². The largest absolute Gasteiger partial charge is 0.348 e. The van der Waals surface area contributed by atoms with Crippen molar-refractivity contribution < 1.29 is 9.59 Å². The first-order valence-electron chi connectivity index (χ1n) is 9.69. The summed E-state index contributed by atoms with van der Waals surface area (Å²) in [6.45, 7) is 3.97. The van der Waals surface area contributed by atoms with Gasteiger partial charge in [0, 0.05) is 18.3 Å². The molecule has 6 heteroatoms. The lowest BCUT2D eigenvalue weighted by Gasteiger charge is -2.15. The number of rotatable bonds is 5. The summed E-state index contributed by atoms with van der Waals surface area (Å²) in [4.78, 5) is 29.8. The van der Waals surface area contributed by atoms with Gasteiger partial charge in [0.15, 0.2) is 5.69 Å². The standard InChI is InChI=1S/C20H28N4O2/c1-3-14(2)21-20(26)18-23-17(16-12-8-9-13-24(16)18)19(25)22-15-10-6-4-5-7-11-15/h8-9,12-15H,3-7,10-11H2,1-2H3,(H,21,26)(H,22,25). The maximum atomic E-state index is 12.8. The summed E-state index contributed by atoms with van der Waals surface area (Å²) in [5, 5.41) is 6.05. The molecule has 1 aliphatic carbocycles. The molecule has 2 amide bonds. The fourth-order valence-electron chi connectivity index (χ4n) is 3.43. The highest BCUT2D eigenvalue weighted by Gasteiger charge is 2.24. The first-order chi connectivity index (χ1) is 12.6. The van der Waals surface area contributed by atoms with Gasteiger partial charge in [-0.05, 0) is 38.3 Å². The lowest BCUT2D eigenvalue weighted by Crippen LogP contribution is -2.35. The van der Waals surface area contributed by atoms with Gasteiger partial charge in [-0.1, -0.05) is 38.7 Å². The van der Waals surface area contributed by atoms with Crippen molar-refractivity contribution in [2.75, 3.05) is 0 Å². The third kappa shape index (κ3) is 4.06. The quantitative estimate of drug-likeness (QED) is 0.807.